The highest BCUT2D eigenvalue weighted by Gasteiger charge is 2.31. The van der Waals surface area contributed by atoms with Crippen molar-refractivity contribution in [2.45, 2.75) is 51.2 Å². The van der Waals surface area contributed by atoms with Gasteiger partial charge in [0.25, 0.3) is 0 Å². The number of benzene rings is 1. The molecule has 6 nitrogen and oxygen atoms in total. The summed E-state index contributed by atoms with van der Waals surface area (Å²) in [6.45, 7) is 11.3. The number of nitrogens with zero attached hydrogens (tertiary/aromatic N) is 2. The van der Waals surface area contributed by atoms with Crippen LogP contribution in [0.1, 0.15) is 33.3 Å². The molecule has 0 N–H and O–H groups in total. The van der Waals surface area contributed by atoms with Gasteiger partial charge in [0.1, 0.15) is 5.60 Å². The third kappa shape index (κ3) is 4.87. The number of amides is 1. The van der Waals surface area contributed by atoms with E-state index in [-0.39, 0.29) is 12.1 Å². The summed E-state index contributed by atoms with van der Waals surface area (Å²) in [5.41, 5.74) is 1.20. The summed E-state index contributed by atoms with van der Waals surface area (Å²) in [4.78, 5) is 16.6. The fraction of sp³-hybridized carbons (Fsp3) is 0.611. The van der Waals surface area contributed by atoms with Crippen molar-refractivity contribution < 1.29 is 17.9 Å². The van der Waals surface area contributed by atoms with Crippen LogP contribution in [0.2, 0.25) is 0 Å². The van der Waals surface area contributed by atoms with Crippen molar-refractivity contribution in [2.75, 3.05) is 30.8 Å². The molecule has 1 aromatic rings. The first-order chi connectivity index (χ1) is 11.4. The zero-order chi connectivity index (χ0) is 19.0. The van der Waals surface area contributed by atoms with Crippen LogP contribution in [-0.2, 0) is 14.6 Å². The van der Waals surface area contributed by atoms with Crippen molar-refractivity contribution in [3.8, 4) is 0 Å². The van der Waals surface area contributed by atoms with Crippen molar-refractivity contribution >= 4 is 21.6 Å². The Kier molecular flexibility index (Phi) is 5.37. The molecule has 0 saturated carbocycles. The summed E-state index contributed by atoms with van der Waals surface area (Å²) >= 11 is 0. The van der Waals surface area contributed by atoms with Crippen LogP contribution in [-0.4, -0.2) is 56.9 Å². The summed E-state index contributed by atoms with van der Waals surface area (Å²) in [7, 11) is -3.22. The second kappa shape index (κ2) is 6.86. The Hall–Kier alpha value is -1.76. The van der Waals surface area contributed by atoms with Gasteiger partial charge in [-0.1, -0.05) is 0 Å². The lowest BCUT2D eigenvalue weighted by Crippen LogP contribution is -2.55. The molecule has 1 saturated heterocycles. The number of carbonyl (C=O) groups is 1. The summed E-state index contributed by atoms with van der Waals surface area (Å²) in [6, 6.07) is 5.40. The van der Waals surface area contributed by atoms with E-state index in [1.54, 1.807) is 17.9 Å². The average molecular weight is 368 g/mol. The van der Waals surface area contributed by atoms with Crippen molar-refractivity contribution in [1.82, 2.24) is 4.90 Å². The maximum absolute atomic E-state index is 12.3. The largest absolute Gasteiger partial charge is 0.444 e. The fourth-order valence-corrected chi connectivity index (χ4v) is 3.99. The molecular formula is C18H28N2O4S. The Labute approximate surface area is 150 Å². The Morgan fingerprint density at radius 1 is 1.24 bits per heavy atom. The van der Waals surface area contributed by atoms with Gasteiger partial charge < -0.3 is 14.5 Å². The van der Waals surface area contributed by atoms with Gasteiger partial charge in [-0.05, 0) is 58.4 Å². The molecule has 0 radical (unpaired) electrons. The Morgan fingerprint density at radius 2 is 1.88 bits per heavy atom. The standard InChI is InChI=1S/C18H28N2O4S/c1-13-11-15(7-8-16(13)25(6,22)23)19-9-10-20(14(2)12-19)17(21)24-18(3,4)5/h7-8,11,14H,9-10,12H2,1-6H3/t14-/m1/s1. The van der Waals surface area contributed by atoms with Crippen molar-refractivity contribution in [1.29, 1.82) is 0 Å². The summed E-state index contributed by atoms with van der Waals surface area (Å²) < 4.78 is 29.0. The van der Waals surface area contributed by atoms with Gasteiger partial charge in [0.15, 0.2) is 9.84 Å². The second-order valence-corrected chi connectivity index (χ2v) is 9.67. The van der Waals surface area contributed by atoms with E-state index < -0.39 is 15.4 Å². The first kappa shape index (κ1) is 19.6. The van der Waals surface area contributed by atoms with Gasteiger partial charge >= 0.3 is 6.09 Å². The number of anilines is 1. The highest BCUT2D eigenvalue weighted by molar-refractivity contribution is 7.90. The van der Waals surface area contributed by atoms with E-state index >= 15 is 0 Å². The van der Waals surface area contributed by atoms with Crippen LogP contribution < -0.4 is 4.90 Å². The minimum absolute atomic E-state index is 0.0125. The molecular weight excluding hydrogens is 340 g/mol. The minimum Gasteiger partial charge on any atom is -0.444 e. The van der Waals surface area contributed by atoms with Crippen LogP contribution in [0.25, 0.3) is 0 Å². The SMILES string of the molecule is Cc1cc(N2CCN(C(=O)OC(C)(C)C)[C@H](C)C2)ccc1S(C)(=O)=O. The number of rotatable bonds is 2. The topological polar surface area (TPSA) is 66.9 Å². The number of aryl methyl sites for hydroxylation is 1. The number of ether oxygens (including phenoxy) is 1. The molecule has 1 aliphatic rings. The number of piperazine rings is 1. The monoisotopic (exact) mass is 368 g/mol. The highest BCUT2D eigenvalue weighted by atomic mass is 32.2. The highest BCUT2D eigenvalue weighted by Crippen LogP contribution is 2.25. The lowest BCUT2D eigenvalue weighted by atomic mass is 10.1. The molecule has 1 aromatic carbocycles. The molecule has 1 fully saturated rings. The lowest BCUT2D eigenvalue weighted by Gasteiger charge is -2.41. The molecule has 0 unspecified atom stereocenters. The molecule has 140 valence electrons. The number of sulfone groups is 1. The third-order valence-electron chi connectivity index (χ3n) is 4.18. The Bertz CT molecular complexity index is 753. The molecule has 1 aliphatic heterocycles. The van der Waals surface area contributed by atoms with Crippen molar-refractivity contribution in [3.63, 3.8) is 0 Å². The molecule has 0 aromatic heterocycles. The maximum atomic E-state index is 12.3. The second-order valence-electron chi connectivity index (χ2n) is 7.69. The zero-order valence-corrected chi connectivity index (χ0v) is 16.7. The van der Waals surface area contributed by atoms with Crippen molar-refractivity contribution in [2.24, 2.45) is 0 Å². The van der Waals surface area contributed by atoms with Gasteiger partial charge in [-0.2, -0.15) is 0 Å². The van der Waals surface area contributed by atoms with Crippen LogP contribution in [0.3, 0.4) is 0 Å². The molecule has 0 aliphatic carbocycles. The lowest BCUT2D eigenvalue weighted by molar-refractivity contribution is 0.0159. The van der Waals surface area contributed by atoms with Gasteiger partial charge in [0.05, 0.1) is 4.90 Å². The predicted molar refractivity (Wildman–Crippen MR) is 98.9 cm³/mol. The smallest absolute Gasteiger partial charge is 0.410 e. The van der Waals surface area contributed by atoms with Crippen LogP contribution in [0.15, 0.2) is 23.1 Å². The Morgan fingerprint density at radius 3 is 2.36 bits per heavy atom. The van der Waals surface area contributed by atoms with E-state index in [9.17, 15) is 13.2 Å². The summed E-state index contributed by atoms with van der Waals surface area (Å²) in [5, 5.41) is 0. The van der Waals surface area contributed by atoms with E-state index in [0.717, 1.165) is 11.3 Å². The maximum Gasteiger partial charge on any atom is 0.410 e. The van der Waals surface area contributed by atoms with E-state index in [0.29, 0.717) is 24.5 Å². The normalized spacial score (nSPS) is 19.0. The molecule has 1 amide bonds. The number of carbonyl (C=O) groups excluding carboxylic acids is 1. The van der Waals surface area contributed by atoms with Crippen LogP contribution in [0.5, 0.6) is 0 Å². The minimum atomic E-state index is -3.22. The summed E-state index contributed by atoms with van der Waals surface area (Å²) in [6.07, 6.45) is 0.930. The first-order valence-electron chi connectivity index (χ1n) is 8.44. The molecule has 7 heteroatoms. The molecule has 2 rings (SSSR count). The van der Waals surface area contributed by atoms with Crippen LogP contribution >= 0.6 is 0 Å². The van der Waals surface area contributed by atoms with Gasteiger partial charge in [-0.15, -0.1) is 0 Å². The Balaban J connectivity index is 2.11. The quantitative estimate of drug-likeness (QED) is 0.803. The number of hydrogen-bond acceptors (Lipinski definition) is 5. The van der Waals surface area contributed by atoms with Gasteiger partial charge in [0.2, 0.25) is 0 Å². The van der Waals surface area contributed by atoms with Crippen LogP contribution in [0, 0.1) is 6.92 Å². The molecule has 25 heavy (non-hydrogen) atoms. The summed E-state index contributed by atoms with van der Waals surface area (Å²) in [5.74, 6) is 0. The zero-order valence-electron chi connectivity index (χ0n) is 15.9. The fourth-order valence-electron chi connectivity index (χ4n) is 3.03. The molecule has 0 bridgehead atoms. The van der Waals surface area contributed by atoms with Gasteiger partial charge in [0, 0.05) is 37.6 Å². The van der Waals surface area contributed by atoms with E-state index in [4.69, 9.17) is 4.74 Å². The predicted octanol–water partition coefficient (Wildman–Crippen LogP) is 2.84. The average Bonchev–Trinajstić information content (AvgIpc) is 2.43. The van der Waals surface area contributed by atoms with Gasteiger partial charge in [-0.25, -0.2) is 13.2 Å². The van der Waals surface area contributed by atoms with Crippen molar-refractivity contribution in [3.05, 3.63) is 23.8 Å². The van der Waals surface area contributed by atoms with E-state index in [2.05, 4.69) is 4.90 Å². The van der Waals surface area contributed by atoms with E-state index in [1.165, 1.54) is 6.26 Å². The molecule has 0 spiro atoms. The molecule has 1 atom stereocenters. The number of hydrogen-bond donors (Lipinski definition) is 0. The van der Waals surface area contributed by atoms with Crippen LogP contribution in [0.4, 0.5) is 10.5 Å². The first-order valence-corrected chi connectivity index (χ1v) is 10.3. The van der Waals surface area contributed by atoms with E-state index in [1.807, 2.05) is 39.8 Å². The van der Waals surface area contributed by atoms with Gasteiger partial charge in [-0.3, -0.25) is 0 Å². The molecule has 1 heterocycles. The third-order valence-corrected chi connectivity index (χ3v) is 5.44.